The van der Waals surface area contributed by atoms with Crippen LogP contribution in [0.4, 0.5) is 5.69 Å². The smallest absolute Gasteiger partial charge is 0.243 e. The minimum absolute atomic E-state index is 0.164. The third-order valence-electron chi connectivity index (χ3n) is 4.54. The lowest BCUT2D eigenvalue weighted by molar-refractivity contribution is -0.120. The van der Waals surface area contributed by atoms with E-state index in [-0.39, 0.29) is 23.3 Å². The lowest BCUT2D eigenvalue weighted by Crippen LogP contribution is -2.43. The van der Waals surface area contributed by atoms with E-state index >= 15 is 0 Å². The monoisotopic (exact) mass is 452 g/mol. The number of methoxy groups -OCH3 is 1. The average Bonchev–Trinajstić information content (AvgIpc) is 2.68. The van der Waals surface area contributed by atoms with Crippen molar-refractivity contribution in [2.24, 2.45) is 5.92 Å². The molecule has 3 rings (SSSR count). The zero-order valence-corrected chi connectivity index (χ0v) is 17.3. The molecule has 144 valence electrons. The van der Waals surface area contributed by atoms with Crippen LogP contribution in [0.25, 0.3) is 0 Å². The Morgan fingerprint density at radius 2 is 1.96 bits per heavy atom. The number of sulfonamides is 1. The van der Waals surface area contributed by atoms with Crippen molar-refractivity contribution in [2.45, 2.75) is 17.7 Å². The maximum Gasteiger partial charge on any atom is 0.243 e. The number of piperidine rings is 1. The van der Waals surface area contributed by atoms with Gasteiger partial charge < -0.3 is 10.1 Å². The number of nitrogens with zero attached hydrogens (tertiary/aromatic N) is 1. The summed E-state index contributed by atoms with van der Waals surface area (Å²) < 4.78 is 33.1. The van der Waals surface area contributed by atoms with Crippen molar-refractivity contribution in [1.29, 1.82) is 0 Å². The van der Waals surface area contributed by atoms with E-state index in [1.807, 2.05) is 18.2 Å². The average molecular weight is 453 g/mol. The van der Waals surface area contributed by atoms with E-state index in [9.17, 15) is 13.2 Å². The van der Waals surface area contributed by atoms with Gasteiger partial charge in [-0.2, -0.15) is 4.31 Å². The van der Waals surface area contributed by atoms with Crippen molar-refractivity contribution < 1.29 is 17.9 Å². The van der Waals surface area contributed by atoms with Crippen molar-refractivity contribution in [1.82, 2.24) is 4.31 Å². The largest absolute Gasteiger partial charge is 0.497 e. The minimum atomic E-state index is -3.64. The number of amides is 1. The minimum Gasteiger partial charge on any atom is -0.497 e. The van der Waals surface area contributed by atoms with Gasteiger partial charge in [-0.3, -0.25) is 4.79 Å². The second-order valence-electron chi connectivity index (χ2n) is 6.38. The molecule has 0 radical (unpaired) electrons. The van der Waals surface area contributed by atoms with Gasteiger partial charge in [0.15, 0.2) is 0 Å². The van der Waals surface area contributed by atoms with Gasteiger partial charge in [0.25, 0.3) is 0 Å². The fourth-order valence-corrected chi connectivity index (χ4v) is 5.01. The standard InChI is InChI=1S/C19H21BrN2O4S/c1-26-17-7-9-18(10-8-17)27(24,25)22-11-3-4-14(13-22)19(23)21-16-6-2-5-15(20)12-16/h2,5-10,12,14H,3-4,11,13H2,1H3,(H,21,23). The summed E-state index contributed by atoms with van der Waals surface area (Å²) in [4.78, 5) is 12.8. The van der Waals surface area contributed by atoms with Crippen LogP contribution in [0, 0.1) is 5.92 Å². The summed E-state index contributed by atoms with van der Waals surface area (Å²) in [6.45, 7) is 0.587. The van der Waals surface area contributed by atoms with Gasteiger partial charge in [0, 0.05) is 23.2 Å². The first-order valence-corrected chi connectivity index (χ1v) is 10.8. The number of nitrogens with one attached hydrogen (secondary N) is 1. The zero-order chi connectivity index (χ0) is 19.4. The number of carbonyl (C=O) groups excluding carboxylic acids is 1. The fourth-order valence-electron chi connectivity index (χ4n) is 3.08. The van der Waals surface area contributed by atoms with E-state index in [4.69, 9.17) is 4.74 Å². The van der Waals surface area contributed by atoms with Gasteiger partial charge in [0.05, 0.1) is 17.9 Å². The summed E-state index contributed by atoms with van der Waals surface area (Å²) in [6.07, 6.45) is 1.31. The SMILES string of the molecule is COc1ccc(S(=O)(=O)N2CCCC(C(=O)Nc3cccc(Br)c3)C2)cc1. The summed E-state index contributed by atoms with van der Waals surface area (Å²) >= 11 is 3.37. The maximum absolute atomic E-state index is 12.9. The first-order chi connectivity index (χ1) is 12.9. The summed E-state index contributed by atoms with van der Waals surface area (Å²) in [5.74, 6) is 0.0485. The molecule has 0 aliphatic carbocycles. The van der Waals surface area contributed by atoms with Crippen LogP contribution >= 0.6 is 15.9 Å². The van der Waals surface area contributed by atoms with Gasteiger partial charge in [-0.05, 0) is 55.3 Å². The van der Waals surface area contributed by atoms with Crippen molar-refractivity contribution in [3.05, 3.63) is 53.0 Å². The van der Waals surface area contributed by atoms with Crippen LogP contribution in [0.2, 0.25) is 0 Å². The number of ether oxygens (including phenoxy) is 1. The highest BCUT2D eigenvalue weighted by molar-refractivity contribution is 9.10. The van der Waals surface area contributed by atoms with Crippen LogP contribution in [0.15, 0.2) is 57.9 Å². The Balaban J connectivity index is 1.71. The van der Waals surface area contributed by atoms with E-state index in [0.29, 0.717) is 30.8 Å². The molecule has 1 aliphatic rings. The third-order valence-corrected chi connectivity index (χ3v) is 6.92. The molecule has 1 heterocycles. The number of hydrogen-bond donors (Lipinski definition) is 1. The van der Waals surface area contributed by atoms with E-state index in [2.05, 4.69) is 21.2 Å². The highest BCUT2D eigenvalue weighted by Crippen LogP contribution is 2.26. The van der Waals surface area contributed by atoms with Crippen LogP contribution < -0.4 is 10.1 Å². The van der Waals surface area contributed by atoms with E-state index in [1.165, 1.54) is 23.5 Å². The quantitative estimate of drug-likeness (QED) is 0.752. The van der Waals surface area contributed by atoms with Crippen LogP contribution in [0.3, 0.4) is 0 Å². The van der Waals surface area contributed by atoms with Crippen LogP contribution in [-0.2, 0) is 14.8 Å². The third kappa shape index (κ3) is 4.69. The normalized spacial score (nSPS) is 18.1. The second kappa shape index (κ2) is 8.41. The molecule has 0 saturated carbocycles. The van der Waals surface area contributed by atoms with Crippen molar-refractivity contribution in [3.63, 3.8) is 0 Å². The van der Waals surface area contributed by atoms with Gasteiger partial charge in [0.2, 0.25) is 15.9 Å². The molecule has 1 aliphatic heterocycles. The predicted molar refractivity (Wildman–Crippen MR) is 107 cm³/mol. The maximum atomic E-state index is 12.9. The molecule has 1 N–H and O–H groups in total. The Morgan fingerprint density at radius 3 is 2.63 bits per heavy atom. The highest BCUT2D eigenvalue weighted by Gasteiger charge is 2.33. The molecule has 0 aromatic heterocycles. The Bertz CT molecular complexity index is 916. The molecule has 8 heteroatoms. The van der Waals surface area contributed by atoms with E-state index in [1.54, 1.807) is 18.2 Å². The van der Waals surface area contributed by atoms with Crippen molar-refractivity contribution in [3.8, 4) is 5.75 Å². The molecule has 1 atom stereocenters. The number of benzene rings is 2. The summed E-state index contributed by atoms with van der Waals surface area (Å²) in [7, 11) is -2.11. The van der Waals surface area contributed by atoms with Gasteiger partial charge >= 0.3 is 0 Å². The van der Waals surface area contributed by atoms with Crippen LogP contribution in [0.5, 0.6) is 5.75 Å². The first kappa shape index (κ1) is 19.9. The highest BCUT2D eigenvalue weighted by atomic mass is 79.9. The molecule has 6 nitrogen and oxygen atoms in total. The number of hydrogen-bond acceptors (Lipinski definition) is 4. The van der Waals surface area contributed by atoms with Crippen molar-refractivity contribution >= 4 is 37.5 Å². The predicted octanol–water partition coefficient (Wildman–Crippen LogP) is 3.50. The Kier molecular flexibility index (Phi) is 6.18. The topological polar surface area (TPSA) is 75.7 Å². The summed E-state index contributed by atoms with van der Waals surface area (Å²) in [6, 6.07) is 13.6. The molecular weight excluding hydrogens is 432 g/mol. The first-order valence-electron chi connectivity index (χ1n) is 8.61. The van der Waals surface area contributed by atoms with Crippen molar-refractivity contribution in [2.75, 3.05) is 25.5 Å². The molecule has 27 heavy (non-hydrogen) atoms. The lowest BCUT2D eigenvalue weighted by Gasteiger charge is -2.31. The molecule has 1 amide bonds. The Hall–Kier alpha value is -1.90. The Morgan fingerprint density at radius 1 is 1.22 bits per heavy atom. The van der Waals surface area contributed by atoms with Gasteiger partial charge in [-0.15, -0.1) is 0 Å². The summed E-state index contributed by atoms with van der Waals surface area (Å²) in [5.41, 5.74) is 0.685. The lowest BCUT2D eigenvalue weighted by atomic mass is 9.99. The number of carbonyl (C=O) groups is 1. The zero-order valence-electron chi connectivity index (χ0n) is 14.9. The summed E-state index contributed by atoms with van der Waals surface area (Å²) in [5, 5.41) is 2.87. The van der Waals surface area contributed by atoms with Gasteiger partial charge in [-0.1, -0.05) is 22.0 Å². The number of halogens is 1. The second-order valence-corrected chi connectivity index (χ2v) is 9.23. The van der Waals surface area contributed by atoms with Crippen LogP contribution in [-0.4, -0.2) is 38.8 Å². The van der Waals surface area contributed by atoms with Crippen LogP contribution in [0.1, 0.15) is 12.8 Å². The fraction of sp³-hybridized carbons (Fsp3) is 0.316. The van der Waals surface area contributed by atoms with Gasteiger partial charge in [0.1, 0.15) is 5.75 Å². The molecular formula is C19H21BrN2O4S. The van der Waals surface area contributed by atoms with E-state index < -0.39 is 10.0 Å². The Labute approximate surface area is 167 Å². The number of rotatable bonds is 5. The molecule has 1 unspecified atom stereocenters. The molecule has 2 aromatic carbocycles. The van der Waals surface area contributed by atoms with E-state index in [0.717, 1.165) is 4.47 Å². The van der Waals surface area contributed by atoms with Gasteiger partial charge in [-0.25, -0.2) is 8.42 Å². The molecule has 0 bridgehead atoms. The molecule has 1 saturated heterocycles. The molecule has 0 spiro atoms. The number of anilines is 1. The molecule has 2 aromatic rings. The molecule has 1 fully saturated rings.